The number of hydrogen-bond acceptors (Lipinski definition) is 4. The fraction of sp³-hybridized carbons (Fsp3) is 0.500. The van der Waals surface area contributed by atoms with E-state index in [0.29, 0.717) is 18.9 Å². The summed E-state index contributed by atoms with van der Waals surface area (Å²) in [5.41, 5.74) is 1.93. The molecule has 0 aliphatic carbocycles. The van der Waals surface area contributed by atoms with Crippen molar-refractivity contribution in [2.45, 2.75) is 26.8 Å². The summed E-state index contributed by atoms with van der Waals surface area (Å²) in [6.45, 7) is 6.84. The summed E-state index contributed by atoms with van der Waals surface area (Å²) in [4.78, 5) is 11.9. The van der Waals surface area contributed by atoms with Gasteiger partial charge in [-0.15, -0.1) is 0 Å². The molecule has 1 rings (SSSR count). The van der Waals surface area contributed by atoms with E-state index in [2.05, 4.69) is 5.32 Å². The van der Waals surface area contributed by atoms with Crippen LogP contribution in [0.2, 0.25) is 0 Å². The molecule has 4 nitrogen and oxygen atoms in total. The zero-order chi connectivity index (χ0) is 13.5. The lowest BCUT2D eigenvalue weighted by Gasteiger charge is -2.15. The van der Waals surface area contributed by atoms with E-state index in [1.807, 2.05) is 32.0 Å². The van der Waals surface area contributed by atoms with Gasteiger partial charge in [-0.2, -0.15) is 0 Å². The van der Waals surface area contributed by atoms with Crippen LogP contribution in [0, 0.1) is 13.8 Å². The van der Waals surface area contributed by atoms with E-state index in [9.17, 15) is 4.79 Å². The quantitative estimate of drug-likeness (QED) is 0.476. The normalized spacial score (nSPS) is 12.2. The Labute approximate surface area is 108 Å². The Morgan fingerprint density at radius 3 is 2.50 bits per heavy atom. The molecule has 1 N–H and O–H groups in total. The van der Waals surface area contributed by atoms with Crippen LogP contribution in [-0.4, -0.2) is 32.3 Å². The van der Waals surface area contributed by atoms with Gasteiger partial charge in [-0.25, -0.2) is 4.79 Å². The fourth-order valence-electron chi connectivity index (χ4n) is 1.61. The lowest BCUT2D eigenvalue weighted by molar-refractivity contribution is -0.136. The van der Waals surface area contributed by atoms with Crippen LogP contribution in [0.25, 0.3) is 0 Å². The number of aryl methyl sites for hydroxylation is 2. The summed E-state index contributed by atoms with van der Waals surface area (Å²) in [6.07, 6.45) is 0. The van der Waals surface area contributed by atoms with Gasteiger partial charge in [0, 0.05) is 13.7 Å². The molecule has 0 saturated carbocycles. The summed E-state index contributed by atoms with van der Waals surface area (Å²) >= 11 is 0. The molecule has 0 amide bonds. The van der Waals surface area contributed by atoms with E-state index in [1.54, 1.807) is 14.0 Å². The van der Waals surface area contributed by atoms with Gasteiger partial charge in [-0.1, -0.05) is 18.2 Å². The van der Waals surface area contributed by atoms with Crippen molar-refractivity contribution in [1.82, 2.24) is 5.32 Å². The zero-order valence-electron chi connectivity index (χ0n) is 11.4. The second-order valence-electron chi connectivity index (χ2n) is 4.31. The maximum atomic E-state index is 11.9. The van der Waals surface area contributed by atoms with E-state index in [-0.39, 0.29) is 12.0 Å². The van der Waals surface area contributed by atoms with Gasteiger partial charge < -0.3 is 14.8 Å². The molecule has 18 heavy (non-hydrogen) atoms. The maximum Gasteiger partial charge on any atom is 0.328 e. The van der Waals surface area contributed by atoms with Crippen LogP contribution in [0.1, 0.15) is 18.1 Å². The molecule has 0 bridgehead atoms. The first kappa shape index (κ1) is 14.7. The van der Waals surface area contributed by atoms with Crippen LogP contribution in [0.3, 0.4) is 0 Å². The molecule has 0 heterocycles. The van der Waals surface area contributed by atoms with E-state index >= 15 is 0 Å². The Morgan fingerprint density at radius 1 is 1.33 bits per heavy atom. The number of methoxy groups -OCH3 is 1. The highest BCUT2D eigenvalue weighted by Gasteiger charge is 2.16. The summed E-state index contributed by atoms with van der Waals surface area (Å²) in [7, 11) is 1.63. The van der Waals surface area contributed by atoms with Crippen molar-refractivity contribution >= 4 is 5.97 Å². The highest BCUT2D eigenvalue weighted by Crippen LogP contribution is 2.22. The first-order chi connectivity index (χ1) is 8.56. The molecule has 0 radical (unpaired) electrons. The van der Waals surface area contributed by atoms with E-state index in [4.69, 9.17) is 9.47 Å². The summed E-state index contributed by atoms with van der Waals surface area (Å²) in [6, 6.07) is 5.46. The highest BCUT2D eigenvalue weighted by molar-refractivity contribution is 5.78. The largest absolute Gasteiger partial charge is 0.425 e. The standard InChI is InChI=1S/C14H21NO3/c1-10-6-5-7-11(2)13(10)18-14(16)12(3)15-8-9-17-4/h5-7,12,15H,8-9H2,1-4H3. The van der Waals surface area contributed by atoms with Crippen molar-refractivity contribution in [3.8, 4) is 5.75 Å². The van der Waals surface area contributed by atoms with Gasteiger partial charge in [0.05, 0.1) is 6.61 Å². The third-order valence-electron chi connectivity index (χ3n) is 2.72. The highest BCUT2D eigenvalue weighted by atomic mass is 16.5. The Balaban J connectivity index is 2.58. The Kier molecular flexibility index (Phi) is 5.82. The smallest absolute Gasteiger partial charge is 0.328 e. The number of esters is 1. The number of nitrogens with one attached hydrogen (secondary N) is 1. The molecule has 1 atom stereocenters. The molecule has 1 unspecified atom stereocenters. The van der Waals surface area contributed by atoms with Crippen molar-refractivity contribution in [2.75, 3.05) is 20.3 Å². The maximum absolute atomic E-state index is 11.9. The molecule has 0 spiro atoms. The van der Waals surface area contributed by atoms with Crippen LogP contribution in [0.4, 0.5) is 0 Å². The lowest BCUT2D eigenvalue weighted by atomic mass is 10.1. The van der Waals surface area contributed by atoms with E-state index < -0.39 is 0 Å². The van der Waals surface area contributed by atoms with Crippen LogP contribution in [-0.2, 0) is 9.53 Å². The molecule has 1 aromatic carbocycles. The number of ether oxygens (including phenoxy) is 2. The van der Waals surface area contributed by atoms with Crippen LogP contribution < -0.4 is 10.1 Å². The first-order valence-electron chi connectivity index (χ1n) is 6.06. The van der Waals surface area contributed by atoms with Gasteiger partial charge in [-0.3, -0.25) is 0 Å². The predicted molar refractivity (Wildman–Crippen MR) is 70.9 cm³/mol. The van der Waals surface area contributed by atoms with Gasteiger partial charge in [0.25, 0.3) is 0 Å². The molecule has 0 aromatic heterocycles. The molecule has 0 saturated heterocycles. The number of carbonyl (C=O) groups is 1. The number of hydrogen-bond donors (Lipinski definition) is 1. The van der Waals surface area contributed by atoms with Crippen LogP contribution in [0.15, 0.2) is 18.2 Å². The molecular weight excluding hydrogens is 230 g/mol. The summed E-state index contributed by atoms with van der Waals surface area (Å²) < 4.78 is 10.3. The molecule has 0 aliphatic rings. The molecule has 1 aromatic rings. The third-order valence-corrected chi connectivity index (χ3v) is 2.72. The first-order valence-corrected chi connectivity index (χ1v) is 6.06. The minimum absolute atomic E-state index is 0.275. The fourth-order valence-corrected chi connectivity index (χ4v) is 1.61. The average Bonchev–Trinajstić information content (AvgIpc) is 2.34. The Morgan fingerprint density at radius 2 is 1.94 bits per heavy atom. The molecule has 0 aliphatic heterocycles. The minimum atomic E-state index is -0.348. The lowest BCUT2D eigenvalue weighted by Crippen LogP contribution is -2.38. The molecule has 4 heteroatoms. The number of carbonyl (C=O) groups excluding carboxylic acids is 1. The van der Waals surface area contributed by atoms with Crippen molar-refractivity contribution in [1.29, 1.82) is 0 Å². The van der Waals surface area contributed by atoms with Crippen molar-refractivity contribution < 1.29 is 14.3 Å². The summed E-state index contributed by atoms with van der Waals surface area (Å²) in [5, 5.41) is 3.04. The van der Waals surface area contributed by atoms with Crippen molar-refractivity contribution in [2.24, 2.45) is 0 Å². The van der Waals surface area contributed by atoms with Gasteiger partial charge >= 0.3 is 5.97 Å². The van der Waals surface area contributed by atoms with Gasteiger partial charge in [-0.05, 0) is 31.9 Å². The SMILES string of the molecule is COCCNC(C)C(=O)Oc1c(C)cccc1C. The number of rotatable bonds is 6. The Bertz CT molecular complexity index is 384. The average molecular weight is 251 g/mol. The number of para-hydroxylation sites is 1. The van der Waals surface area contributed by atoms with Crippen molar-refractivity contribution in [3.63, 3.8) is 0 Å². The van der Waals surface area contributed by atoms with E-state index in [1.165, 1.54) is 0 Å². The zero-order valence-corrected chi connectivity index (χ0v) is 11.4. The Hall–Kier alpha value is -1.39. The van der Waals surface area contributed by atoms with Crippen LogP contribution >= 0.6 is 0 Å². The molecule has 100 valence electrons. The molecular formula is C14H21NO3. The topological polar surface area (TPSA) is 47.6 Å². The monoisotopic (exact) mass is 251 g/mol. The number of benzene rings is 1. The third kappa shape index (κ3) is 4.13. The second kappa shape index (κ2) is 7.13. The predicted octanol–water partition coefficient (Wildman–Crippen LogP) is 1.83. The second-order valence-corrected chi connectivity index (χ2v) is 4.31. The van der Waals surface area contributed by atoms with Gasteiger partial charge in [0.15, 0.2) is 0 Å². The minimum Gasteiger partial charge on any atom is -0.425 e. The van der Waals surface area contributed by atoms with Crippen LogP contribution in [0.5, 0.6) is 5.75 Å². The van der Waals surface area contributed by atoms with E-state index in [0.717, 1.165) is 11.1 Å². The van der Waals surface area contributed by atoms with Gasteiger partial charge in [0.1, 0.15) is 11.8 Å². The molecule has 0 fully saturated rings. The van der Waals surface area contributed by atoms with Gasteiger partial charge in [0.2, 0.25) is 0 Å². The summed E-state index contributed by atoms with van der Waals surface area (Å²) in [5.74, 6) is 0.381. The van der Waals surface area contributed by atoms with Crippen molar-refractivity contribution in [3.05, 3.63) is 29.3 Å².